The predicted octanol–water partition coefficient (Wildman–Crippen LogP) is 2.73. The molecule has 0 spiro atoms. The van der Waals surface area contributed by atoms with Crippen LogP contribution >= 0.6 is 0 Å². The van der Waals surface area contributed by atoms with Crippen LogP contribution in [0.2, 0.25) is 0 Å². The third-order valence-corrected chi connectivity index (χ3v) is 2.16. The highest BCUT2D eigenvalue weighted by atomic mass is 19.1. The average Bonchev–Trinajstić information content (AvgIpc) is 2.74. The highest BCUT2D eigenvalue weighted by molar-refractivity contribution is 5.43. The summed E-state index contributed by atoms with van der Waals surface area (Å²) < 4.78 is 14.5. The highest BCUT2D eigenvalue weighted by Crippen LogP contribution is 2.10. The van der Waals surface area contributed by atoms with Gasteiger partial charge in [-0.25, -0.2) is 9.07 Å². The summed E-state index contributed by atoms with van der Waals surface area (Å²) in [5.74, 6) is -0.244. The van der Waals surface area contributed by atoms with Crippen LogP contribution in [0, 0.1) is 5.82 Å². The van der Waals surface area contributed by atoms with Crippen molar-refractivity contribution < 1.29 is 4.39 Å². The third-order valence-electron chi connectivity index (χ3n) is 2.16. The van der Waals surface area contributed by atoms with Gasteiger partial charge in [0.2, 0.25) is 0 Å². The molecule has 82 valence electrons. The molecule has 16 heavy (non-hydrogen) atoms. The van der Waals surface area contributed by atoms with E-state index in [-0.39, 0.29) is 5.82 Å². The van der Waals surface area contributed by atoms with Gasteiger partial charge in [0.15, 0.2) is 0 Å². The predicted molar refractivity (Wildman–Crippen MR) is 62.3 cm³/mol. The van der Waals surface area contributed by atoms with E-state index in [2.05, 4.69) is 17.0 Å². The lowest BCUT2D eigenvalue weighted by Gasteiger charge is -2.03. The van der Waals surface area contributed by atoms with Crippen LogP contribution in [0.15, 0.2) is 43.2 Å². The van der Waals surface area contributed by atoms with E-state index in [1.54, 1.807) is 23.1 Å². The Morgan fingerprint density at radius 3 is 3.06 bits per heavy atom. The Bertz CT molecular complexity index is 491. The Kier molecular flexibility index (Phi) is 3.00. The van der Waals surface area contributed by atoms with Crippen LogP contribution < -0.4 is 5.32 Å². The molecule has 1 aromatic carbocycles. The van der Waals surface area contributed by atoms with Crippen LogP contribution in [0.1, 0.15) is 5.56 Å². The van der Waals surface area contributed by atoms with Crippen LogP contribution in [-0.2, 0) is 6.54 Å². The first-order valence-corrected chi connectivity index (χ1v) is 4.93. The highest BCUT2D eigenvalue weighted by Gasteiger charge is 1.97. The minimum absolute atomic E-state index is 0.244. The number of hydrogen-bond acceptors (Lipinski definition) is 2. The number of benzene rings is 1. The molecule has 0 aliphatic heterocycles. The summed E-state index contributed by atoms with van der Waals surface area (Å²) in [4.78, 5) is 0. The van der Waals surface area contributed by atoms with Crippen molar-refractivity contribution in [1.29, 1.82) is 0 Å². The lowest BCUT2D eigenvalue weighted by molar-refractivity contribution is 0.628. The first kappa shape index (κ1) is 10.4. The molecule has 0 saturated carbocycles. The van der Waals surface area contributed by atoms with Crippen molar-refractivity contribution in [1.82, 2.24) is 9.78 Å². The first-order valence-electron chi connectivity index (χ1n) is 4.93. The number of anilines is 1. The fourth-order valence-corrected chi connectivity index (χ4v) is 1.37. The normalized spacial score (nSPS) is 10.1. The van der Waals surface area contributed by atoms with Crippen LogP contribution in [0.25, 0.3) is 6.20 Å². The SMILES string of the molecule is C=Cn1cc(CNc2cccc(F)c2)cn1. The molecule has 2 rings (SSSR count). The van der Waals surface area contributed by atoms with Crippen molar-refractivity contribution >= 4 is 11.9 Å². The van der Waals surface area contributed by atoms with E-state index in [0.717, 1.165) is 11.3 Å². The Balaban J connectivity index is 1.99. The summed E-state index contributed by atoms with van der Waals surface area (Å²) in [5.41, 5.74) is 1.77. The molecule has 4 heteroatoms. The molecule has 1 aromatic heterocycles. The topological polar surface area (TPSA) is 29.9 Å². The second-order valence-electron chi connectivity index (χ2n) is 3.38. The summed E-state index contributed by atoms with van der Waals surface area (Å²) in [6.07, 6.45) is 5.22. The smallest absolute Gasteiger partial charge is 0.125 e. The molecule has 0 saturated heterocycles. The van der Waals surface area contributed by atoms with Gasteiger partial charge in [0.25, 0.3) is 0 Å². The Morgan fingerprint density at radius 1 is 1.50 bits per heavy atom. The Hall–Kier alpha value is -2.10. The van der Waals surface area contributed by atoms with E-state index in [1.165, 1.54) is 12.1 Å². The van der Waals surface area contributed by atoms with Crippen molar-refractivity contribution in [2.45, 2.75) is 6.54 Å². The summed E-state index contributed by atoms with van der Waals surface area (Å²) >= 11 is 0. The molecule has 0 unspecified atom stereocenters. The quantitative estimate of drug-likeness (QED) is 0.853. The van der Waals surface area contributed by atoms with Crippen LogP contribution in [0.3, 0.4) is 0 Å². The van der Waals surface area contributed by atoms with Crippen molar-refractivity contribution in [3.8, 4) is 0 Å². The molecule has 1 heterocycles. The zero-order chi connectivity index (χ0) is 11.4. The van der Waals surface area contributed by atoms with Gasteiger partial charge in [-0.2, -0.15) is 5.10 Å². The third kappa shape index (κ3) is 2.48. The summed E-state index contributed by atoms with van der Waals surface area (Å²) in [7, 11) is 0. The van der Waals surface area contributed by atoms with Crippen molar-refractivity contribution in [2.75, 3.05) is 5.32 Å². The lowest BCUT2D eigenvalue weighted by atomic mass is 10.3. The van der Waals surface area contributed by atoms with E-state index in [4.69, 9.17) is 0 Å². The summed E-state index contributed by atoms with van der Waals surface area (Å²) in [6, 6.07) is 6.37. The molecule has 0 aliphatic carbocycles. The van der Waals surface area contributed by atoms with Gasteiger partial charge >= 0.3 is 0 Å². The zero-order valence-electron chi connectivity index (χ0n) is 8.73. The number of nitrogens with one attached hydrogen (secondary N) is 1. The number of aromatic nitrogens is 2. The first-order chi connectivity index (χ1) is 7.78. The maximum absolute atomic E-state index is 12.9. The van der Waals surface area contributed by atoms with Crippen molar-refractivity contribution in [3.05, 3.63) is 54.6 Å². The largest absolute Gasteiger partial charge is 0.381 e. The van der Waals surface area contributed by atoms with E-state index in [9.17, 15) is 4.39 Å². The van der Waals surface area contributed by atoms with E-state index < -0.39 is 0 Å². The van der Waals surface area contributed by atoms with Crippen LogP contribution in [0.4, 0.5) is 10.1 Å². The maximum Gasteiger partial charge on any atom is 0.125 e. The lowest BCUT2D eigenvalue weighted by Crippen LogP contribution is -1.98. The molecule has 0 bridgehead atoms. The summed E-state index contributed by atoms with van der Waals surface area (Å²) in [5, 5.41) is 7.16. The fourth-order valence-electron chi connectivity index (χ4n) is 1.37. The van der Waals surface area contributed by atoms with Gasteiger partial charge in [-0.3, -0.25) is 0 Å². The molecule has 0 radical (unpaired) electrons. The van der Waals surface area contributed by atoms with Gasteiger partial charge in [-0.1, -0.05) is 12.6 Å². The number of nitrogens with zero attached hydrogens (tertiary/aromatic N) is 2. The van der Waals surface area contributed by atoms with Gasteiger partial charge in [0.1, 0.15) is 5.82 Å². The standard InChI is InChI=1S/C12H12FN3/c1-2-16-9-10(8-15-16)7-14-12-5-3-4-11(13)6-12/h2-6,8-9,14H,1,7H2. The molecule has 0 aliphatic rings. The summed E-state index contributed by atoms with van der Waals surface area (Å²) in [6.45, 7) is 4.21. The van der Waals surface area contributed by atoms with E-state index >= 15 is 0 Å². The zero-order valence-corrected chi connectivity index (χ0v) is 8.73. The average molecular weight is 217 g/mol. The van der Waals surface area contributed by atoms with Gasteiger partial charge < -0.3 is 5.32 Å². The molecule has 0 amide bonds. The van der Waals surface area contributed by atoms with Crippen molar-refractivity contribution in [2.24, 2.45) is 0 Å². The van der Waals surface area contributed by atoms with Crippen LogP contribution in [-0.4, -0.2) is 9.78 Å². The van der Waals surface area contributed by atoms with Gasteiger partial charge in [-0.05, 0) is 18.2 Å². The number of rotatable bonds is 4. The van der Waals surface area contributed by atoms with E-state index in [1.807, 2.05) is 12.3 Å². The number of hydrogen-bond donors (Lipinski definition) is 1. The minimum atomic E-state index is -0.244. The molecular formula is C12H12FN3. The molecule has 1 N–H and O–H groups in total. The number of halogens is 1. The van der Waals surface area contributed by atoms with Gasteiger partial charge in [0.05, 0.1) is 6.20 Å². The molecular weight excluding hydrogens is 205 g/mol. The van der Waals surface area contributed by atoms with Crippen molar-refractivity contribution in [3.63, 3.8) is 0 Å². The molecule has 2 aromatic rings. The molecule has 0 fully saturated rings. The Morgan fingerprint density at radius 2 is 2.38 bits per heavy atom. The van der Waals surface area contributed by atoms with Crippen LogP contribution in [0.5, 0.6) is 0 Å². The maximum atomic E-state index is 12.9. The minimum Gasteiger partial charge on any atom is -0.381 e. The second kappa shape index (κ2) is 4.61. The Labute approximate surface area is 93.2 Å². The van der Waals surface area contributed by atoms with E-state index in [0.29, 0.717) is 6.54 Å². The van der Waals surface area contributed by atoms with Gasteiger partial charge in [0, 0.05) is 30.2 Å². The molecule has 0 atom stereocenters. The second-order valence-corrected chi connectivity index (χ2v) is 3.38. The molecule has 3 nitrogen and oxygen atoms in total. The monoisotopic (exact) mass is 217 g/mol. The fraction of sp³-hybridized carbons (Fsp3) is 0.0833. The van der Waals surface area contributed by atoms with Gasteiger partial charge in [-0.15, -0.1) is 0 Å².